The summed E-state index contributed by atoms with van der Waals surface area (Å²) < 4.78 is 0. The predicted molar refractivity (Wildman–Crippen MR) is 66.4 cm³/mol. The molecular weight excluding hydrogens is 248 g/mol. The minimum atomic E-state index is -1.42. The van der Waals surface area contributed by atoms with E-state index in [0.29, 0.717) is 5.56 Å². The monoisotopic (exact) mass is 262 g/mol. The summed E-state index contributed by atoms with van der Waals surface area (Å²) >= 11 is 0. The zero-order valence-corrected chi connectivity index (χ0v) is 10.6. The van der Waals surface area contributed by atoms with Crippen LogP contribution in [0.1, 0.15) is 18.9 Å². The fourth-order valence-electron chi connectivity index (χ4n) is 2.28. The number of nitrogens with one attached hydrogen (secondary N) is 1. The molecule has 1 heterocycles. The molecule has 1 fully saturated rings. The number of amides is 4. The molecule has 0 aliphatic carbocycles. The van der Waals surface area contributed by atoms with Gasteiger partial charge in [0.15, 0.2) is 5.41 Å². The number of hydrogen-bond donors (Lipinski definition) is 2. The molecule has 1 atom stereocenters. The first-order valence-corrected chi connectivity index (χ1v) is 5.86. The zero-order valence-electron chi connectivity index (χ0n) is 10.6. The van der Waals surface area contributed by atoms with E-state index in [2.05, 4.69) is 5.32 Å². The number of barbiturate groups is 1. The molecule has 0 bridgehead atoms. The van der Waals surface area contributed by atoms with Crippen molar-refractivity contribution in [2.24, 2.45) is 0 Å². The number of nitrogens with zero attached hydrogens (tertiary/aromatic N) is 1. The lowest BCUT2D eigenvalue weighted by Crippen LogP contribution is -2.64. The predicted octanol–water partition coefficient (Wildman–Crippen LogP) is 0.748. The Hall–Kier alpha value is -2.37. The van der Waals surface area contributed by atoms with Gasteiger partial charge in [-0.1, -0.05) is 19.1 Å². The van der Waals surface area contributed by atoms with Gasteiger partial charge in [-0.15, -0.1) is 0 Å². The van der Waals surface area contributed by atoms with Crippen LogP contribution in [-0.2, 0) is 15.0 Å². The number of rotatable bonds is 2. The maximum atomic E-state index is 12.4. The van der Waals surface area contributed by atoms with Gasteiger partial charge in [0.05, 0.1) is 0 Å². The fraction of sp³-hybridized carbons (Fsp3) is 0.308. The molecule has 100 valence electrons. The SMILES string of the molecule is CCC1(c2ccc(O)cc2)C(=O)NC(=O)N(C)C1=O. The summed E-state index contributed by atoms with van der Waals surface area (Å²) in [5.41, 5.74) is -0.967. The first-order chi connectivity index (χ1) is 8.93. The molecule has 0 saturated carbocycles. The van der Waals surface area contributed by atoms with Crippen molar-refractivity contribution in [3.05, 3.63) is 29.8 Å². The number of hydrogen-bond acceptors (Lipinski definition) is 4. The summed E-state index contributed by atoms with van der Waals surface area (Å²) in [5, 5.41) is 11.5. The average Bonchev–Trinajstić information content (AvgIpc) is 2.39. The number of likely N-dealkylation sites (N-methyl/N-ethyl adjacent to an activating group) is 1. The summed E-state index contributed by atoms with van der Waals surface area (Å²) in [7, 11) is 1.33. The Bertz CT molecular complexity index is 552. The second kappa shape index (κ2) is 4.38. The standard InChI is InChI=1S/C13H14N2O4/c1-3-13(8-4-6-9(16)7-5-8)10(17)14-12(19)15(2)11(13)18/h4-7,16H,3H2,1-2H3,(H,14,17,19). The van der Waals surface area contributed by atoms with E-state index in [1.54, 1.807) is 6.92 Å². The van der Waals surface area contributed by atoms with Gasteiger partial charge in [0.1, 0.15) is 5.75 Å². The third-order valence-electron chi connectivity index (χ3n) is 3.47. The Morgan fingerprint density at radius 3 is 2.32 bits per heavy atom. The molecule has 6 heteroatoms. The number of phenolic OH excluding ortho intramolecular Hbond substituents is 1. The summed E-state index contributed by atoms with van der Waals surface area (Å²) in [6, 6.07) is 5.12. The normalized spacial score (nSPS) is 23.5. The number of imide groups is 2. The van der Waals surface area contributed by atoms with E-state index in [1.807, 2.05) is 0 Å². The van der Waals surface area contributed by atoms with E-state index in [9.17, 15) is 19.5 Å². The zero-order chi connectivity index (χ0) is 14.2. The van der Waals surface area contributed by atoms with Crippen LogP contribution in [0.5, 0.6) is 5.75 Å². The number of phenols is 1. The minimum absolute atomic E-state index is 0.0445. The van der Waals surface area contributed by atoms with E-state index in [4.69, 9.17) is 0 Å². The second-order valence-electron chi connectivity index (χ2n) is 4.43. The van der Waals surface area contributed by atoms with Gasteiger partial charge >= 0.3 is 6.03 Å². The smallest absolute Gasteiger partial charge is 0.330 e. The van der Waals surface area contributed by atoms with Gasteiger partial charge in [-0.2, -0.15) is 0 Å². The molecule has 1 unspecified atom stereocenters. The molecule has 0 spiro atoms. The first kappa shape index (κ1) is 13.1. The van der Waals surface area contributed by atoms with E-state index in [0.717, 1.165) is 4.90 Å². The van der Waals surface area contributed by atoms with Gasteiger partial charge in [0.25, 0.3) is 5.91 Å². The average molecular weight is 262 g/mol. The molecule has 2 rings (SSSR count). The molecule has 1 aliphatic heterocycles. The summed E-state index contributed by atoms with van der Waals surface area (Å²) in [4.78, 5) is 36.9. The van der Waals surface area contributed by atoms with Crippen LogP contribution in [-0.4, -0.2) is 34.9 Å². The molecule has 0 aromatic heterocycles. The molecule has 4 amide bonds. The Morgan fingerprint density at radius 1 is 1.21 bits per heavy atom. The van der Waals surface area contributed by atoms with Crippen LogP contribution in [0, 0.1) is 0 Å². The van der Waals surface area contributed by atoms with Crippen LogP contribution in [0.15, 0.2) is 24.3 Å². The third kappa shape index (κ3) is 1.76. The number of urea groups is 1. The molecule has 1 aromatic carbocycles. The van der Waals surface area contributed by atoms with Crippen molar-refractivity contribution >= 4 is 17.8 Å². The van der Waals surface area contributed by atoms with Crippen LogP contribution in [0.4, 0.5) is 4.79 Å². The summed E-state index contributed by atoms with van der Waals surface area (Å²) in [5.74, 6) is -1.15. The van der Waals surface area contributed by atoms with E-state index in [1.165, 1.54) is 31.3 Å². The molecule has 1 aromatic rings. The Labute approximate surface area is 110 Å². The summed E-state index contributed by atoms with van der Waals surface area (Å²) in [6.45, 7) is 1.70. The molecule has 1 aliphatic rings. The molecule has 0 radical (unpaired) electrons. The van der Waals surface area contributed by atoms with Crippen molar-refractivity contribution in [2.75, 3.05) is 7.05 Å². The van der Waals surface area contributed by atoms with Gasteiger partial charge in [-0.25, -0.2) is 4.79 Å². The van der Waals surface area contributed by atoms with Gasteiger partial charge in [0.2, 0.25) is 5.91 Å². The van der Waals surface area contributed by atoms with Gasteiger partial charge in [-0.05, 0) is 24.1 Å². The summed E-state index contributed by atoms with van der Waals surface area (Å²) in [6.07, 6.45) is 0.222. The van der Waals surface area contributed by atoms with Crippen molar-refractivity contribution < 1.29 is 19.5 Å². The van der Waals surface area contributed by atoms with Crippen molar-refractivity contribution in [1.82, 2.24) is 10.2 Å². The van der Waals surface area contributed by atoms with Crippen molar-refractivity contribution in [2.45, 2.75) is 18.8 Å². The third-order valence-corrected chi connectivity index (χ3v) is 3.47. The highest BCUT2D eigenvalue weighted by Crippen LogP contribution is 2.33. The lowest BCUT2D eigenvalue weighted by atomic mass is 9.75. The van der Waals surface area contributed by atoms with Crippen molar-refractivity contribution in [1.29, 1.82) is 0 Å². The highest BCUT2D eigenvalue weighted by Gasteiger charge is 2.52. The molecule has 2 N–H and O–H groups in total. The maximum Gasteiger partial charge on any atom is 0.330 e. The number of aromatic hydroxyl groups is 1. The molecule has 1 saturated heterocycles. The molecule has 6 nitrogen and oxygen atoms in total. The van der Waals surface area contributed by atoms with Crippen LogP contribution < -0.4 is 5.32 Å². The molecule has 19 heavy (non-hydrogen) atoms. The highest BCUT2D eigenvalue weighted by molar-refractivity contribution is 6.22. The van der Waals surface area contributed by atoms with Crippen LogP contribution in [0.2, 0.25) is 0 Å². The van der Waals surface area contributed by atoms with Gasteiger partial charge in [-0.3, -0.25) is 19.8 Å². The largest absolute Gasteiger partial charge is 0.508 e. The highest BCUT2D eigenvalue weighted by atomic mass is 16.3. The van der Waals surface area contributed by atoms with Crippen molar-refractivity contribution in [3.63, 3.8) is 0 Å². The van der Waals surface area contributed by atoms with Gasteiger partial charge < -0.3 is 5.11 Å². The molecular formula is C13H14N2O4. The fourth-order valence-corrected chi connectivity index (χ4v) is 2.28. The first-order valence-electron chi connectivity index (χ1n) is 5.86. The van der Waals surface area contributed by atoms with Gasteiger partial charge in [0, 0.05) is 7.05 Å². The maximum absolute atomic E-state index is 12.4. The number of carbonyl (C=O) groups is 3. The van der Waals surface area contributed by atoms with E-state index in [-0.39, 0.29) is 12.2 Å². The number of carbonyl (C=O) groups excluding carboxylic acids is 3. The second-order valence-corrected chi connectivity index (χ2v) is 4.43. The van der Waals surface area contributed by atoms with E-state index >= 15 is 0 Å². The Morgan fingerprint density at radius 2 is 1.79 bits per heavy atom. The minimum Gasteiger partial charge on any atom is -0.508 e. The van der Waals surface area contributed by atoms with E-state index < -0.39 is 23.3 Å². The lowest BCUT2D eigenvalue weighted by molar-refractivity contribution is -0.144. The van der Waals surface area contributed by atoms with Crippen molar-refractivity contribution in [3.8, 4) is 5.75 Å². The van der Waals surface area contributed by atoms with Crippen LogP contribution in [0.3, 0.4) is 0 Å². The van der Waals surface area contributed by atoms with Crippen LogP contribution >= 0.6 is 0 Å². The van der Waals surface area contributed by atoms with Crippen LogP contribution in [0.25, 0.3) is 0 Å². The Balaban J connectivity index is 2.58. The quantitative estimate of drug-likeness (QED) is 0.770. The lowest BCUT2D eigenvalue weighted by Gasteiger charge is -2.37. The number of benzene rings is 1. The topological polar surface area (TPSA) is 86.7 Å². The Kier molecular flexibility index (Phi) is 3.01.